The average Bonchev–Trinajstić information content (AvgIpc) is 2.49. The lowest BCUT2D eigenvalue weighted by molar-refractivity contribution is -0.120. The van der Waals surface area contributed by atoms with E-state index < -0.39 is 0 Å². The van der Waals surface area contributed by atoms with E-state index in [9.17, 15) is 9.90 Å². The van der Waals surface area contributed by atoms with Crippen LogP contribution < -0.4 is 5.32 Å². The van der Waals surface area contributed by atoms with E-state index in [4.69, 9.17) is 11.6 Å². The number of carbonyl (C=O) groups is 1. The summed E-state index contributed by atoms with van der Waals surface area (Å²) in [6, 6.07) is 4.89. The molecular formula is C18H27ClN2O2. The lowest BCUT2D eigenvalue weighted by Gasteiger charge is -2.33. The van der Waals surface area contributed by atoms with Crippen LogP contribution in [0, 0.1) is 11.8 Å². The Morgan fingerprint density at radius 1 is 1.48 bits per heavy atom. The van der Waals surface area contributed by atoms with Crippen LogP contribution in [-0.2, 0) is 11.2 Å². The molecular weight excluding hydrogens is 312 g/mol. The lowest BCUT2D eigenvalue weighted by atomic mass is 9.97. The maximum atomic E-state index is 12.1. The van der Waals surface area contributed by atoms with E-state index in [1.807, 2.05) is 0 Å². The molecule has 1 fully saturated rings. The molecule has 1 atom stereocenters. The first-order valence-electron chi connectivity index (χ1n) is 8.40. The number of carbonyl (C=O) groups excluding carboxylic acids is 1. The van der Waals surface area contributed by atoms with Gasteiger partial charge in [0.25, 0.3) is 0 Å². The van der Waals surface area contributed by atoms with Gasteiger partial charge < -0.3 is 15.3 Å². The topological polar surface area (TPSA) is 52.6 Å². The highest BCUT2D eigenvalue weighted by Gasteiger charge is 2.20. The fourth-order valence-corrected chi connectivity index (χ4v) is 3.37. The number of likely N-dealkylation sites (tertiary alicyclic amines) is 1. The van der Waals surface area contributed by atoms with Gasteiger partial charge in [-0.15, -0.1) is 0 Å². The summed E-state index contributed by atoms with van der Waals surface area (Å²) in [4.78, 5) is 14.6. The second-order valence-electron chi connectivity index (χ2n) is 6.93. The highest BCUT2D eigenvalue weighted by molar-refractivity contribution is 6.32. The van der Waals surface area contributed by atoms with Crippen molar-refractivity contribution in [3.63, 3.8) is 0 Å². The molecule has 1 aromatic rings. The van der Waals surface area contributed by atoms with Crippen molar-refractivity contribution >= 4 is 17.5 Å². The van der Waals surface area contributed by atoms with E-state index in [0.29, 0.717) is 18.3 Å². The molecule has 23 heavy (non-hydrogen) atoms. The van der Waals surface area contributed by atoms with E-state index in [2.05, 4.69) is 24.1 Å². The number of phenols is 1. The molecule has 0 unspecified atom stereocenters. The predicted molar refractivity (Wildman–Crippen MR) is 93.8 cm³/mol. The summed E-state index contributed by atoms with van der Waals surface area (Å²) in [6.07, 6.45) is 2.68. The van der Waals surface area contributed by atoms with Crippen LogP contribution in [0.25, 0.3) is 0 Å². The zero-order valence-corrected chi connectivity index (χ0v) is 14.8. The number of piperidine rings is 1. The van der Waals surface area contributed by atoms with Gasteiger partial charge in [-0.05, 0) is 48.9 Å². The van der Waals surface area contributed by atoms with Gasteiger partial charge in [0, 0.05) is 19.6 Å². The minimum atomic E-state index is 0.00717. The Morgan fingerprint density at radius 3 is 2.96 bits per heavy atom. The van der Waals surface area contributed by atoms with Crippen molar-refractivity contribution in [1.82, 2.24) is 10.2 Å². The van der Waals surface area contributed by atoms with Crippen molar-refractivity contribution in [2.45, 2.75) is 33.1 Å². The van der Waals surface area contributed by atoms with Crippen molar-refractivity contribution < 1.29 is 9.90 Å². The normalized spacial score (nSPS) is 19.0. The fraction of sp³-hybridized carbons (Fsp3) is 0.611. The van der Waals surface area contributed by atoms with Gasteiger partial charge in [0.05, 0.1) is 11.4 Å². The van der Waals surface area contributed by atoms with Crippen LogP contribution in [0.2, 0.25) is 5.02 Å². The van der Waals surface area contributed by atoms with E-state index in [0.717, 1.165) is 25.2 Å². The molecule has 1 amide bonds. The summed E-state index contributed by atoms with van der Waals surface area (Å²) < 4.78 is 0. The van der Waals surface area contributed by atoms with Crippen LogP contribution in [0.3, 0.4) is 0 Å². The first-order valence-corrected chi connectivity index (χ1v) is 8.78. The van der Waals surface area contributed by atoms with Crippen molar-refractivity contribution in [3.05, 3.63) is 28.8 Å². The predicted octanol–water partition coefficient (Wildman–Crippen LogP) is 3.07. The van der Waals surface area contributed by atoms with Gasteiger partial charge in [-0.3, -0.25) is 4.79 Å². The summed E-state index contributed by atoms with van der Waals surface area (Å²) in [7, 11) is 0. The van der Waals surface area contributed by atoms with Crippen LogP contribution in [0.4, 0.5) is 0 Å². The Hall–Kier alpha value is -1.26. The highest BCUT2D eigenvalue weighted by atomic mass is 35.5. The monoisotopic (exact) mass is 338 g/mol. The number of nitrogens with one attached hydrogen (secondary N) is 1. The summed E-state index contributed by atoms with van der Waals surface area (Å²) >= 11 is 5.87. The lowest BCUT2D eigenvalue weighted by Crippen LogP contribution is -2.42. The van der Waals surface area contributed by atoms with Crippen molar-refractivity contribution in [2.24, 2.45) is 11.8 Å². The molecule has 0 bridgehead atoms. The summed E-state index contributed by atoms with van der Waals surface area (Å²) in [5.74, 6) is 1.27. The fourth-order valence-electron chi connectivity index (χ4n) is 3.17. The van der Waals surface area contributed by atoms with Crippen LogP contribution in [0.1, 0.15) is 32.3 Å². The van der Waals surface area contributed by atoms with Gasteiger partial charge in [0.15, 0.2) is 0 Å². The minimum Gasteiger partial charge on any atom is -0.506 e. The molecule has 2 N–H and O–H groups in total. The number of nitrogens with zero attached hydrogens (tertiary/aromatic N) is 1. The highest BCUT2D eigenvalue weighted by Crippen LogP contribution is 2.23. The Kier molecular flexibility index (Phi) is 6.72. The smallest absolute Gasteiger partial charge is 0.224 e. The van der Waals surface area contributed by atoms with Gasteiger partial charge in [0.2, 0.25) is 5.91 Å². The maximum Gasteiger partial charge on any atom is 0.224 e. The van der Waals surface area contributed by atoms with E-state index in [-0.39, 0.29) is 16.7 Å². The molecule has 128 valence electrons. The third-order valence-corrected chi connectivity index (χ3v) is 4.49. The van der Waals surface area contributed by atoms with Crippen molar-refractivity contribution in [2.75, 3.05) is 26.2 Å². The first-order chi connectivity index (χ1) is 10.9. The molecule has 2 rings (SSSR count). The maximum absolute atomic E-state index is 12.1. The molecule has 0 spiro atoms. The molecule has 1 heterocycles. The molecule has 0 radical (unpaired) electrons. The summed E-state index contributed by atoms with van der Waals surface area (Å²) in [5, 5.41) is 12.7. The molecule has 0 aliphatic carbocycles. The number of aromatic hydroxyl groups is 1. The number of phenolic OH excluding ortho intramolecular Hbond substituents is 1. The molecule has 0 aromatic heterocycles. The number of rotatable bonds is 6. The van der Waals surface area contributed by atoms with Gasteiger partial charge in [-0.1, -0.05) is 31.5 Å². The zero-order valence-electron chi connectivity index (χ0n) is 14.0. The van der Waals surface area contributed by atoms with E-state index in [1.54, 1.807) is 12.1 Å². The van der Waals surface area contributed by atoms with Crippen LogP contribution in [-0.4, -0.2) is 42.1 Å². The summed E-state index contributed by atoms with van der Waals surface area (Å²) in [5.41, 5.74) is 0.815. The first kappa shape index (κ1) is 18.1. The molecule has 1 aliphatic heterocycles. The minimum absolute atomic E-state index is 0.00717. The van der Waals surface area contributed by atoms with Gasteiger partial charge in [0.1, 0.15) is 5.75 Å². The van der Waals surface area contributed by atoms with Crippen molar-refractivity contribution in [3.8, 4) is 5.75 Å². The Labute approximate surface area is 143 Å². The van der Waals surface area contributed by atoms with E-state index >= 15 is 0 Å². The molecule has 1 aromatic carbocycles. The largest absolute Gasteiger partial charge is 0.506 e. The van der Waals surface area contributed by atoms with Gasteiger partial charge in [-0.25, -0.2) is 0 Å². The molecule has 1 saturated heterocycles. The molecule has 0 saturated carbocycles. The van der Waals surface area contributed by atoms with Crippen LogP contribution >= 0.6 is 11.6 Å². The number of benzene rings is 1. The standard InChI is InChI=1S/C18H27ClN2O2/c1-13(2)11-21-7-3-4-15(12-21)10-20-18(23)9-14-5-6-17(22)16(19)8-14/h5-6,8,13,15,22H,3-4,7,9-12H2,1-2H3,(H,20,23)/t15-/m1/s1. The van der Waals surface area contributed by atoms with Crippen LogP contribution in [0.5, 0.6) is 5.75 Å². The van der Waals surface area contributed by atoms with Crippen LogP contribution in [0.15, 0.2) is 18.2 Å². The Bertz CT molecular complexity index is 534. The number of hydrogen-bond donors (Lipinski definition) is 2. The Morgan fingerprint density at radius 2 is 2.26 bits per heavy atom. The molecule has 4 nitrogen and oxygen atoms in total. The zero-order chi connectivity index (χ0) is 16.8. The summed E-state index contributed by atoms with van der Waals surface area (Å²) in [6.45, 7) is 8.61. The second kappa shape index (κ2) is 8.55. The Balaban J connectivity index is 1.76. The number of halogens is 1. The van der Waals surface area contributed by atoms with Gasteiger partial charge >= 0.3 is 0 Å². The quantitative estimate of drug-likeness (QED) is 0.838. The molecule has 5 heteroatoms. The molecule has 1 aliphatic rings. The van der Waals surface area contributed by atoms with E-state index in [1.165, 1.54) is 25.5 Å². The third-order valence-electron chi connectivity index (χ3n) is 4.19. The average molecular weight is 339 g/mol. The number of amides is 1. The van der Waals surface area contributed by atoms with Crippen molar-refractivity contribution in [1.29, 1.82) is 0 Å². The SMILES string of the molecule is CC(C)CN1CCC[C@H](CNC(=O)Cc2ccc(O)c(Cl)c2)C1. The van der Waals surface area contributed by atoms with Gasteiger partial charge in [-0.2, -0.15) is 0 Å². The third kappa shape index (κ3) is 6.04. The number of hydrogen-bond acceptors (Lipinski definition) is 3. The second-order valence-corrected chi connectivity index (χ2v) is 7.34.